The number of piperidine rings is 1. The van der Waals surface area contributed by atoms with Crippen LogP contribution >= 0.6 is 11.6 Å². The number of carbonyl (C=O) groups is 1. The van der Waals surface area contributed by atoms with E-state index in [9.17, 15) is 4.79 Å². The van der Waals surface area contributed by atoms with E-state index in [4.69, 9.17) is 11.6 Å². The fourth-order valence-electron chi connectivity index (χ4n) is 1.82. The molecule has 1 aliphatic heterocycles. The molecule has 1 fully saturated rings. The average Bonchev–Trinajstić information content (AvgIpc) is 2.11. The fourth-order valence-corrected chi connectivity index (χ4v) is 1.86. The molecule has 1 heterocycles. The highest BCUT2D eigenvalue weighted by Gasteiger charge is 2.26. The summed E-state index contributed by atoms with van der Waals surface area (Å²) in [4.78, 5) is 11.3. The van der Waals surface area contributed by atoms with Gasteiger partial charge in [0.15, 0.2) is 0 Å². The van der Waals surface area contributed by atoms with Crippen molar-refractivity contribution in [2.24, 2.45) is 0 Å². The van der Waals surface area contributed by atoms with Gasteiger partial charge in [-0.15, -0.1) is 0 Å². The lowest BCUT2D eigenvalue weighted by molar-refractivity contribution is -0.124. The molecule has 0 aromatic rings. The van der Waals surface area contributed by atoms with Gasteiger partial charge in [0.25, 0.3) is 5.91 Å². The van der Waals surface area contributed by atoms with Gasteiger partial charge in [0, 0.05) is 12.1 Å². The first kappa shape index (κ1) is 11.5. The Labute approximate surface area is 90.1 Å². The number of hydrazine groups is 1. The SMILES string of the molecule is C=C(Cl)C(=O)NN1C(C)CCCC1C. The molecule has 2 unspecified atom stereocenters. The Morgan fingerprint density at radius 1 is 1.43 bits per heavy atom. The molecule has 0 aromatic carbocycles. The maximum absolute atomic E-state index is 11.3. The molecule has 0 spiro atoms. The molecule has 2 atom stereocenters. The van der Waals surface area contributed by atoms with Crippen LogP contribution in [0.25, 0.3) is 0 Å². The van der Waals surface area contributed by atoms with Crippen LogP contribution in [0.3, 0.4) is 0 Å². The van der Waals surface area contributed by atoms with Gasteiger partial charge in [-0.05, 0) is 26.7 Å². The van der Waals surface area contributed by atoms with Crippen LogP contribution < -0.4 is 5.43 Å². The number of hydrogen-bond donors (Lipinski definition) is 1. The molecule has 0 radical (unpaired) electrons. The minimum absolute atomic E-state index is 0.0370. The topological polar surface area (TPSA) is 32.3 Å². The number of rotatable bonds is 2. The Morgan fingerprint density at radius 3 is 2.36 bits per heavy atom. The quantitative estimate of drug-likeness (QED) is 0.717. The van der Waals surface area contributed by atoms with Gasteiger partial charge in [0.2, 0.25) is 0 Å². The third-order valence-corrected chi connectivity index (χ3v) is 2.84. The molecule has 4 heteroatoms. The summed E-state index contributed by atoms with van der Waals surface area (Å²) in [6.45, 7) is 7.61. The number of nitrogens with zero attached hydrogens (tertiary/aromatic N) is 1. The molecular weight excluding hydrogens is 200 g/mol. The number of hydrogen-bond acceptors (Lipinski definition) is 2. The first-order chi connectivity index (χ1) is 6.52. The molecule has 0 bridgehead atoms. The molecule has 14 heavy (non-hydrogen) atoms. The van der Waals surface area contributed by atoms with E-state index >= 15 is 0 Å². The summed E-state index contributed by atoms with van der Waals surface area (Å²) in [7, 11) is 0. The van der Waals surface area contributed by atoms with Crippen molar-refractivity contribution in [1.29, 1.82) is 0 Å². The van der Waals surface area contributed by atoms with E-state index in [1.807, 2.05) is 5.01 Å². The van der Waals surface area contributed by atoms with Crippen molar-refractivity contribution in [3.05, 3.63) is 11.6 Å². The van der Waals surface area contributed by atoms with E-state index in [-0.39, 0.29) is 10.9 Å². The Morgan fingerprint density at radius 2 is 1.93 bits per heavy atom. The number of carbonyl (C=O) groups excluding carboxylic acids is 1. The summed E-state index contributed by atoms with van der Waals surface area (Å²) in [6, 6.07) is 0.748. The summed E-state index contributed by atoms with van der Waals surface area (Å²) in [5.41, 5.74) is 2.78. The summed E-state index contributed by atoms with van der Waals surface area (Å²) in [6.07, 6.45) is 3.44. The van der Waals surface area contributed by atoms with Gasteiger partial charge in [-0.25, -0.2) is 5.01 Å². The lowest BCUT2D eigenvalue weighted by atomic mass is 10.00. The largest absolute Gasteiger partial charge is 0.284 e. The van der Waals surface area contributed by atoms with Gasteiger partial charge in [-0.2, -0.15) is 0 Å². The third kappa shape index (κ3) is 2.72. The van der Waals surface area contributed by atoms with Crippen molar-refractivity contribution in [3.63, 3.8) is 0 Å². The predicted octanol–water partition coefficient (Wildman–Crippen LogP) is 2.03. The van der Waals surface area contributed by atoms with Crippen LogP contribution in [0.4, 0.5) is 0 Å². The van der Waals surface area contributed by atoms with Gasteiger partial charge >= 0.3 is 0 Å². The van der Waals surface area contributed by atoms with E-state index in [2.05, 4.69) is 25.9 Å². The second kappa shape index (κ2) is 4.80. The third-order valence-electron chi connectivity index (χ3n) is 2.67. The van der Waals surface area contributed by atoms with Crippen molar-refractivity contribution in [1.82, 2.24) is 10.4 Å². The van der Waals surface area contributed by atoms with Crippen LogP contribution in [0, 0.1) is 0 Å². The van der Waals surface area contributed by atoms with Gasteiger partial charge in [-0.1, -0.05) is 24.6 Å². The maximum atomic E-state index is 11.3. The van der Waals surface area contributed by atoms with Gasteiger partial charge < -0.3 is 0 Å². The molecule has 1 amide bonds. The molecule has 1 aliphatic rings. The molecule has 1 rings (SSSR count). The summed E-state index contributed by atoms with van der Waals surface area (Å²) in [5, 5.41) is 2.01. The van der Waals surface area contributed by atoms with Crippen molar-refractivity contribution in [3.8, 4) is 0 Å². The normalized spacial score (nSPS) is 28.5. The van der Waals surface area contributed by atoms with Crippen LogP contribution in [0.5, 0.6) is 0 Å². The van der Waals surface area contributed by atoms with Crippen LogP contribution in [-0.2, 0) is 4.79 Å². The smallest absolute Gasteiger partial charge is 0.276 e. The Hall–Kier alpha value is -0.540. The fraction of sp³-hybridized carbons (Fsp3) is 0.700. The van der Waals surface area contributed by atoms with E-state index in [0.717, 1.165) is 12.8 Å². The van der Waals surface area contributed by atoms with E-state index in [1.54, 1.807) is 0 Å². The molecule has 1 saturated heterocycles. The van der Waals surface area contributed by atoms with Gasteiger partial charge in [-0.3, -0.25) is 10.2 Å². The first-order valence-corrected chi connectivity index (χ1v) is 5.34. The molecule has 0 aromatic heterocycles. The molecule has 1 N–H and O–H groups in total. The van der Waals surface area contributed by atoms with Crippen molar-refractivity contribution in [2.45, 2.75) is 45.2 Å². The van der Waals surface area contributed by atoms with Crippen LogP contribution in [0.2, 0.25) is 0 Å². The highest BCUT2D eigenvalue weighted by molar-refractivity contribution is 6.41. The minimum Gasteiger partial charge on any atom is -0.284 e. The molecule has 3 nitrogen and oxygen atoms in total. The summed E-state index contributed by atoms with van der Waals surface area (Å²) >= 11 is 5.51. The first-order valence-electron chi connectivity index (χ1n) is 4.96. The Bertz CT molecular complexity index is 232. The number of amides is 1. The van der Waals surface area contributed by atoms with Crippen molar-refractivity contribution < 1.29 is 4.79 Å². The van der Waals surface area contributed by atoms with Crippen LogP contribution in [-0.4, -0.2) is 23.0 Å². The van der Waals surface area contributed by atoms with Crippen LogP contribution in [0.15, 0.2) is 11.6 Å². The predicted molar refractivity (Wildman–Crippen MR) is 57.7 cm³/mol. The second-order valence-corrected chi connectivity index (χ2v) is 4.34. The Balaban J connectivity index is 2.56. The van der Waals surface area contributed by atoms with Crippen LogP contribution in [0.1, 0.15) is 33.1 Å². The average molecular weight is 217 g/mol. The molecule has 0 aliphatic carbocycles. The lowest BCUT2D eigenvalue weighted by Crippen LogP contribution is -2.54. The highest BCUT2D eigenvalue weighted by atomic mass is 35.5. The maximum Gasteiger partial charge on any atom is 0.276 e. The van der Waals surface area contributed by atoms with Crippen molar-refractivity contribution in [2.75, 3.05) is 0 Å². The number of halogens is 1. The molecular formula is C10H17ClN2O. The molecule has 0 saturated carbocycles. The second-order valence-electron chi connectivity index (χ2n) is 3.88. The summed E-state index contributed by atoms with van der Waals surface area (Å²) < 4.78 is 0. The number of nitrogens with one attached hydrogen (secondary N) is 1. The van der Waals surface area contributed by atoms with E-state index in [0.29, 0.717) is 12.1 Å². The van der Waals surface area contributed by atoms with Gasteiger partial charge in [0.05, 0.1) is 5.03 Å². The lowest BCUT2D eigenvalue weighted by Gasteiger charge is -2.38. The van der Waals surface area contributed by atoms with Gasteiger partial charge in [0.1, 0.15) is 0 Å². The monoisotopic (exact) mass is 216 g/mol. The molecule has 80 valence electrons. The standard InChI is InChI=1S/C10H17ClN2O/c1-7-5-4-6-8(2)13(7)12-10(14)9(3)11/h7-8H,3-6H2,1-2H3,(H,12,14). The highest BCUT2D eigenvalue weighted by Crippen LogP contribution is 2.20. The zero-order chi connectivity index (χ0) is 10.7. The minimum atomic E-state index is -0.299. The van der Waals surface area contributed by atoms with E-state index < -0.39 is 0 Å². The Kier molecular flexibility index (Phi) is 3.96. The zero-order valence-electron chi connectivity index (χ0n) is 8.72. The summed E-state index contributed by atoms with van der Waals surface area (Å²) in [5.74, 6) is -0.299. The van der Waals surface area contributed by atoms with Crippen molar-refractivity contribution >= 4 is 17.5 Å². The zero-order valence-corrected chi connectivity index (χ0v) is 9.47. The van der Waals surface area contributed by atoms with E-state index in [1.165, 1.54) is 6.42 Å².